The minimum Gasteiger partial charge on any atom is -0.302 e. The van der Waals surface area contributed by atoms with Gasteiger partial charge in [-0.05, 0) is 19.2 Å². The fraction of sp³-hybridized carbons (Fsp3) is 0.300. The van der Waals surface area contributed by atoms with E-state index in [-0.39, 0.29) is 27.5 Å². The number of fused-ring (bicyclic) bond motifs is 1. The van der Waals surface area contributed by atoms with Gasteiger partial charge in [0.25, 0.3) is 17.3 Å². The Balaban J connectivity index is 2.10. The fourth-order valence-corrected chi connectivity index (χ4v) is 4.24. The second-order valence-corrected chi connectivity index (χ2v) is 7.98. The van der Waals surface area contributed by atoms with E-state index in [0.717, 1.165) is 35.6 Å². The zero-order valence-electron chi connectivity index (χ0n) is 17.7. The van der Waals surface area contributed by atoms with E-state index in [2.05, 4.69) is 4.98 Å². The summed E-state index contributed by atoms with van der Waals surface area (Å²) >= 11 is 0.872. The maximum Gasteiger partial charge on any atom is 0.277 e. The van der Waals surface area contributed by atoms with Crippen molar-refractivity contribution in [3.05, 3.63) is 67.8 Å². The van der Waals surface area contributed by atoms with Crippen LogP contribution in [0.1, 0.15) is 24.2 Å². The van der Waals surface area contributed by atoms with Crippen LogP contribution in [0.3, 0.4) is 0 Å². The number of rotatable bonds is 9. The predicted octanol–water partition coefficient (Wildman–Crippen LogP) is 4.38. The van der Waals surface area contributed by atoms with Crippen LogP contribution in [-0.2, 0) is 0 Å². The molecule has 0 aliphatic rings. The summed E-state index contributed by atoms with van der Waals surface area (Å²) in [7, 11) is 0. The van der Waals surface area contributed by atoms with E-state index >= 15 is 0 Å². The molecule has 0 unspecified atom stereocenters. The molecule has 0 aliphatic heterocycles. The Kier molecular flexibility index (Phi) is 7.23. The standard InChI is InChI=1S/C20H19F2N5O5S/c1-3-24(4-2)5-6-25(20-23-18-16(22)9-13(21)10-17(18)33-20)19(28)12-7-14(26(29)30)11-15(8-12)27(31)32/h7-11H,3-6H2,1-2H3. The lowest BCUT2D eigenvalue weighted by Crippen LogP contribution is -2.39. The van der Waals surface area contributed by atoms with Crippen molar-refractivity contribution < 1.29 is 23.4 Å². The van der Waals surface area contributed by atoms with Gasteiger partial charge in [-0.1, -0.05) is 25.2 Å². The van der Waals surface area contributed by atoms with Gasteiger partial charge in [-0.25, -0.2) is 13.8 Å². The third-order valence-electron chi connectivity index (χ3n) is 4.98. The molecule has 0 saturated carbocycles. The van der Waals surface area contributed by atoms with Crippen LogP contribution in [0.5, 0.6) is 0 Å². The highest BCUT2D eigenvalue weighted by Crippen LogP contribution is 2.33. The minimum atomic E-state index is -0.894. The highest BCUT2D eigenvalue weighted by atomic mass is 32.1. The lowest BCUT2D eigenvalue weighted by molar-refractivity contribution is -0.394. The van der Waals surface area contributed by atoms with Gasteiger partial charge in [0.2, 0.25) is 0 Å². The Morgan fingerprint density at radius 2 is 1.61 bits per heavy atom. The molecule has 0 N–H and O–H groups in total. The molecule has 3 aromatic rings. The van der Waals surface area contributed by atoms with Gasteiger partial charge in [-0.15, -0.1) is 0 Å². The van der Waals surface area contributed by atoms with Crippen molar-refractivity contribution >= 4 is 44.0 Å². The van der Waals surface area contributed by atoms with Crippen molar-refractivity contribution in [2.75, 3.05) is 31.1 Å². The van der Waals surface area contributed by atoms with Crippen LogP contribution < -0.4 is 4.90 Å². The van der Waals surface area contributed by atoms with E-state index < -0.39 is 38.8 Å². The maximum atomic E-state index is 14.2. The number of hydrogen-bond acceptors (Lipinski definition) is 8. The smallest absolute Gasteiger partial charge is 0.277 e. The second-order valence-electron chi connectivity index (χ2n) is 6.97. The van der Waals surface area contributed by atoms with Crippen molar-refractivity contribution in [2.24, 2.45) is 0 Å². The average molecular weight is 479 g/mol. The summed E-state index contributed by atoms with van der Waals surface area (Å²) in [6.45, 7) is 5.68. The van der Waals surface area contributed by atoms with Gasteiger partial charge in [-0.3, -0.25) is 29.9 Å². The van der Waals surface area contributed by atoms with E-state index in [9.17, 15) is 33.8 Å². The average Bonchev–Trinajstić information content (AvgIpc) is 3.20. The van der Waals surface area contributed by atoms with Crippen LogP contribution in [0.2, 0.25) is 0 Å². The molecule has 3 rings (SSSR count). The van der Waals surface area contributed by atoms with Crippen molar-refractivity contribution in [3.63, 3.8) is 0 Å². The Hall–Kier alpha value is -3.58. The predicted molar refractivity (Wildman–Crippen MR) is 119 cm³/mol. The van der Waals surface area contributed by atoms with Crippen molar-refractivity contribution in [3.8, 4) is 0 Å². The quantitative estimate of drug-likeness (QED) is 0.330. The van der Waals surface area contributed by atoms with Gasteiger partial charge in [0.05, 0.1) is 26.2 Å². The number of non-ortho nitro benzene ring substituents is 2. The van der Waals surface area contributed by atoms with E-state index in [1.165, 1.54) is 4.90 Å². The molecule has 1 heterocycles. The molecule has 0 radical (unpaired) electrons. The van der Waals surface area contributed by atoms with E-state index in [0.29, 0.717) is 25.7 Å². The number of amides is 1. The van der Waals surface area contributed by atoms with Crippen LogP contribution in [0, 0.1) is 31.9 Å². The summed E-state index contributed by atoms with van der Waals surface area (Å²) in [5.74, 6) is -2.48. The molecular formula is C20H19F2N5O5S. The minimum absolute atomic E-state index is 0.0424. The van der Waals surface area contributed by atoms with Gasteiger partial charge in [0.1, 0.15) is 11.3 Å². The van der Waals surface area contributed by atoms with E-state index in [4.69, 9.17) is 0 Å². The number of nitrogens with zero attached hydrogens (tertiary/aromatic N) is 5. The number of aromatic nitrogens is 1. The normalized spacial score (nSPS) is 11.2. The second kappa shape index (κ2) is 9.92. The highest BCUT2D eigenvalue weighted by molar-refractivity contribution is 7.22. The van der Waals surface area contributed by atoms with Crippen molar-refractivity contribution in [1.82, 2.24) is 9.88 Å². The van der Waals surface area contributed by atoms with Crippen LogP contribution in [0.4, 0.5) is 25.3 Å². The molecule has 1 aromatic heterocycles. The molecule has 0 atom stereocenters. The first-order valence-corrected chi connectivity index (χ1v) is 10.7. The Bertz CT molecular complexity index is 1200. The number of thiazole rings is 1. The van der Waals surface area contributed by atoms with E-state index in [1.807, 2.05) is 18.7 Å². The summed E-state index contributed by atoms with van der Waals surface area (Å²) in [5, 5.41) is 22.5. The first kappa shape index (κ1) is 24.1. The van der Waals surface area contributed by atoms with Crippen molar-refractivity contribution in [2.45, 2.75) is 13.8 Å². The number of nitro benzene ring substituents is 2. The number of carbonyl (C=O) groups excluding carboxylic acids is 1. The van der Waals surface area contributed by atoms with Gasteiger partial charge >= 0.3 is 0 Å². The van der Waals surface area contributed by atoms with Gasteiger partial charge in [-0.2, -0.15) is 0 Å². The van der Waals surface area contributed by atoms with Crippen LogP contribution in [-0.4, -0.2) is 51.8 Å². The summed E-state index contributed by atoms with van der Waals surface area (Å²) in [4.78, 5) is 41.5. The largest absolute Gasteiger partial charge is 0.302 e. The molecule has 0 bridgehead atoms. The molecular weight excluding hydrogens is 460 g/mol. The van der Waals surface area contributed by atoms with Crippen LogP contribution in [0.25, 0.3) is 10.2 Å². The molecule has 1 amide bonds. The molecule has 174 valence electrons. The van der Waals surface area contributed by atoms with Gasteiger partial charge in [0, 0.05) is 31.3 Å². The number of hydrogen-bond donors (Lipinski definition) is 0. The molecule has 0 aliphatic carbocycles. The summed E-state index contributed by atoms with van der Waals surface area (Å²) in [6.07, 6.45) is 0. The lowest BCUT2D eigenvalue weighted by atomic mass is 10.1. The molecule has 0 spiro atoms. The monoisotopic (exact) mass is 479 g/mol. The number of halogens is 2. The van der Waals surface area contributed by atoms with E-state index in [1.54, 1.807) is 0 Å². The molecule has 2 aromatic carbocycles. The Morgan fingerprint density at radius 1 is 1.00 bits per heavy atom. The fourth-order valence-electron chi connectivity index (χ4n) is 3.21. The highest BCUT2D eigenvalue weighted by Gasteiger charge is 2.27. The summed E-state index contributed by atoms with van der Waals surface area (Å²) in [6, 6.07) is 4.40. The number of carbonyl (C=O) groups is 1. The first-order chi connectivity index (χ1) is 15.6. The van der Waals surface area contributed by atoms with Gasteiger partial charge < -0.3 is 4.90 Å². The maximum absolute atomic E-state index is 14.2. The molecule has 0 fully saturated rings. The topological polar surface area (TPSA) is 123 Å². The van der Waals surface area contributed by atoms with Crippen molar-refractivity contribution in [1.29, 1.82) is 0 Å². The number of nitro groups is 2. The molecule has 33 heavy (non-hydrogen) atoms. The molecule has 0 saturated heterocycles. The first-order valence-electron chi connectivity index (χ1n) is 9.88. The lowest BCUT2D eigenvalue weighted by Gasteiger charge is -2.24. The Labute approximate surface area is 190 Å². The number of benzene rings is 2. The van der Waals surface area contributed by atoms with Gasteiger partial charge in [0.15, 0.2) is 10.9 Å². The third kappa shape index (κ3) is 5.26. The SMILES string of the molecule is CCN(CC)CCN(C(=O)c1cc([N+](=O)[O-])cc([N+](=O)[O-])c1)c1nc2c(F)cc(F)cc2s1. The molecule has 10 nitrogen and oxygen atoms in total. The van der Waals surface area contributed by atoms with Crippen LogP contribution >= 0.6 is 11.3 Å². The van der Waals surface area contributed by atoms with Crippen LogP contribution in [0.15, 0.2) is 30.3 Å². The third-order valence-corrected chi connectivity index (χ3v) is 6.01. The molecule has 13 heteroatoms. The number of likely N-dealkylation sites (N-methyl/N-ethyl adjacent to an activating group) is 1. The Morgan fingerprint density at radius 3 is 2.15 bits per heavy atom. The summed E-state index contributed by atoms with van der Waals surface area (Å²) < 4.78 is 28.0. The number of anilines is 1. The zero-order valence-corrected chi connectivity index (χ0v) is 18.5. The zero-order chi connectivity index (χ0) is 24.3. The summed E-state index contributed by atoms with van der Waals surface area (Å²) in [5.41, 5.74) is -1.65.